The van der Waals surface area contributed by atoms with Crippen molar-refractivity contribution in [1.29, 1.82) is 0 Å². The van der Waals surface area contributed by atoms with Crippen LogP contribution in [0.3, 0.4) is 0 Å². The minimum atomic E-state index is -0.947. The molecule has 2 aromatic rings. The van der Waals surface area contributed by atoms with Gasteiger partial charge in [-0.3, -0.25) is 4.79 Å². The van der Waals surface area contributed by atoms with Crippen LogP contribution in [-0.4, -0.2) is 28.2 Å². The minimum Gasteiger partial charge on any atom is -0.481 e. The van der Waals surface area contributed by atoms with Crippen molar-refractivity contribution in [3.05, 3.63) is 54.0 Å². The summed E-state index contributed by atoms with van der Waals surface area (Å²) in [6.07, 6.45) is 1.85. The minimum absolute atomic E-state index is 0.260. The number of carboxylic acids is 1. The second kappa shape index (κ2) is 5.95. The van der Waals surface area contributed by atoms with E-state index in [-0.39, 0.29) is 5.82 Å². The highest BCUT2D eigenvalue weighted by Gasteiger charge is 2.23. The molecule has 0 fully saturated rings. The standard InChI is InChI=1S/C14H14N2O3/c1-19-12-7-8-15-13(16-12)11(14(17)18)9-10-5-3-2-4-6-10/h2-8,11H,9H2,1H3,(H,17,18). The largest absolute Gasteiger partial charge is 0.481 e. The zero-order valence-electron chi connectivity index (χ0n) is 10.5. The van der Waals surface area contributed by atoms with Gasteiger partial charge < -0.3 is 9.84 Å². The van der Waals surface area contributed by atoms with Crippen molar-refractivity contribution in [1.82, 2.24) is 9.97 Å². The summed E-state index contributed by atoms with van der Waals surface area (Å²) in [4.78, 5) is 19.5. The van der Waals surface area contributed by atoms with Gasteiger partial charge in [-0.15, -0.1) is 0 Å². The van der Waals surface area contributed by atoms with E-state index in [2.05, 4.69) is 9.97 Å². The first-order chi connectivity index (χ1) is 9.20. The highest BCUT2D eigenvalue weighted by molar-refractivity contribution is 5.75. The average Bonchev–Trinajstić information content (AvgIpc) is 2.45. The molecule has 98 valence electrons. The Morgan fingerprint density at radius 2 is 2.05 bits per heavy atom. The van der Waals surface area contributed by atoms with E-state index in [0.717, 1.165) is 5.56 Å². The van der Waals surface area contributed by atoms with Crippen LogP contribution >= 0.6 is 0 Å². The van der Waals surface area contributed by atoms with Crippen LogP contribution in [0.25, 0.3) is 0 Å². The van der Waals surface area contributed by atoms with E-state index in [1.165, 1.54) is 13.3 Å². The summed E-state index contributed by atoms with van der Waals surface area (Å²) in [6.45, 7) is 0. The summed E-state index contributed by atoms with van der Waals surface area (Å²) in [5, 5.41) is 9.33. The zero-order valence-corrected chi connectivity index (χ0v) is 10.5. The Morgan fingerprint density at radius 1 is 1.32 bits per heavy atom. The third-order valence-corrected chi connectivity index (χ3v) is 2.75. The van der Waals surface area contributed by atoms with Crippen molar-refractivity contribution in [3.63, 3.8) is 0 Å². The van der Waals surface area contributed by atoms with Gasteiger partial charge in [0.15, 0.2) is 0 Å². The molecule has 0 saturated heterocycles. The van der Waals surface area contributed by atoms with Crippen LogP contribution in [0, 0.1) is 0 Å². The van der Waals surface area contributed by atoms with Crippen LogP contribution in [0.15, 0.2) is 42.6 Å². The summed E-state index contributed by atoms with van der Waals surface area (Å²) in [7, 11) is 1.49. The number of methoxy groups -OCH3 is 1. The highest BCUT2D eigenvalue weighted by atomic mass is 16.5. The third kappa shape index (κ3) is 3.28. The van der Waals surface area contributed by atoms with E-state index in [0.29, 0.717) is 12.3 Å². The summed E-state index contributed by atoms with van der Waals surface area (Å²) in [5.74, 6) is -1.10. The molecule has 0 amide bonds. The SMILES string of the molecule is COc1ccnc(C(Cc2ccccc2)C(=O)O)n1. The number of carboxylic acid groups (broad SMARTS) is 1. The maximum absolute atomic E-state index is 11.4. The lowest BCUT2D eigenvalue weighted by molar-refractivity contribution is -0.139. The molecule has 1 aromatic heterocycles. The second-order valence-electron chi connectivity index (χ2n) is 4.04. The number of rotatable bonds is 5. The number of benzene rings is 1. The highest BCUT2D eigenvalue weighted by Crippen LogP contribution is 2.19. The molecule has 1 N–H and O–H groups in total. The number of aliphatic carboxylic acids is 1. The molecule has 1 heterocycles. The molecule has 0 saturated carbocycles. The smallest absolute Gasteiger partial charge is 0.314 e. The average molecular weight is 258 g/mol. The Balaban J connectivity index is 2.27. The molecule has 5 heteroatoms. The first-order valence-corrected chi connectivity index (χ1v) is 5.84. The zero-order chi connectivity index (χ0) is 13.7. The van der Waals surface area contributed by atoms with E-state index in [1.54, 1.807) is 6.07 Å². The van der Waals surface area contributed by atoms with Gasteiger partial charge in [0.2, 0.25) is 5.88 Å². The lowest BCUT2D eigenvalue weighted by atomic mass is 9.99. The number of ether oxygens (including phenoxy) is 1. The van der Waals surface area contributed by atoms with Gasteiger partial charge in [-0.2, -0.15) is 4.98 Å². The molecule has 1 atom stereocenters. The molecule has 2 rings (SSSR count). The molecule has 1 aromatic carbocycles. The van der Waals surface area contributed by atoms with Crippen molar-refractivity contribution in [2.75, 3.05) is 7.11 Å². The molecular weight excluding hydrogens is 244 g/mol. The second-order valence-corrected chi connectivity index (χ2v) is 4.04. The number of aromatic nitrogens is 2. The molecule has 5 nitrogen and oxygen atoms in total. The summed E-state index contributed by atoms with van der Waals surface area (Å²) < 4.78 is 4.99. The third-order valence-electron chi connectivity index (χ3n) is 2.75. The fraction of sp³-hybridized carbons (Fsp3) is 0.214. The van der Waals surface area contributed by atoms with Crippen LogP contribution in [-0.2, 0) is 11.2 Å². The van der Waals surface area contributed by atoms with Crippen molar-refractivity contribution >= 4 is 5.97 Å². The summed E-state index contributed by atoms with van der Waals surface area (Å²) in [5.41, 5.74) is 0.932. The summed E-state index contributed by atoms with van der Waals surface area (Å²) in [6, 6.07) is 11.0. The van der Waals surface area contributed by atoms with E-state index >= 15 is 0 Å². The van der Waals surface area contributed by atoms with E-state index in [4.69, 9.17) is 4.74 Å². The van der Waals surface area contributed by atoms with E-state index in [1.807, 2.05) is 30.3 Å². The lowest BCUT2D eigenvalue weighted by Gasteiger charge is -2.11. The lowest BCUT2D eigenvalue weighted by Crippen LogP contribution is -2.17. The van der Waals surface area contributed by atoms with Crippen molar-refractivity contribution in [2.24, 2.45) is 0 Å². The number of hydrogen-bond donors (Lipinski definition) is 1. The normalized spacial score (nSPS) is 11.8. The Bertz CT molecular complexity index is 558. The van der Waals surface area contributed by atoms with Crippen molar-refractivity contribution in [2.45, 2.75) is 12.3 Å². The first kappa shape index (κ1) is 13.0. The predicted molar refractivity (Wildman–Crippen MR) is 69.1 cm³/mol. The molecule has 1 unspecified atom stereocenters. The molecule has 19 heavy (non-hydrogen) atoms. The van der Waals surface area contributed by atoms with Crippen LogP contribution < -0.4 is 4.74 Å². The van der Waals surface area contributed by atoms with Gasteiger partial charge in [-0.1, -0.05) is 30.3 Å². The van der Waals surface area contributed by atoms with Gasteiger partial charge in [0.25, 0.3) is 0 Å². The van der Waals surface area contributed by atoms with Gasteiger partial charge >= 0.3 is 5.97 Å². The van der Waals surface area contributed by atoms with Crippen molar-refractivity contribution < 1.29 is 14.6 Å². The molecule has 0 aliphatic carbocycles. The fourth-order valence-corrected chi connectivity index (χ4v) is 1.78. The molecule has 0 aliphatic rings. The molecule has 0 bridgehead atoms. The topological polar surface area (TPSA) is 72.3 Å². The number of nitrogens with zero attached hydrogens (tertiary/aromatic N) is 2. The Labute approximate surface area is 110 Å². The summed E-state index contributed by atoms with van der Waals surface area (Å²) >= 11 is 0. The van der Waals surface area contributed by atoms with Gasteiger partial charge in [0, 0.05) is 12.3 Å². The molecule has 0 aliphatic heterocycles. The van der Waals surface area contributed by atoms with E-state index < -0.39 is 11.9 Å². The van der Waals surface area contributed by atoms with Crippen LogP contribution in [0.5, 0.6) is 5.88 Å². The molecule has 0 spiro atoms. The van der Waals surface area contributed by atoms with Crippen molar-refractivity contribution in [3.8, 4) is 5.88 Å². The molecular formula is C14H14N2O3. The van der Waals surface area contributed by atoms with Crippen LogP contribution in [0.1, 0.15) is 17.3 Å². The van der Waals surface area contributed by atoms with Gasteiger partial charge in [-0.25, -0.2) is 4.98 Å². The Morgan fingerprint density at radius 3 is 2.68 bits per heavy atom. The van der Waals surface area contributed by atoms with E-state index in [9.17, 15) is 9.90 Å². The van der Waals surface area contributed by atoms with Gasteiger partial charge in [0.05, 0.1) is 7.11 Å². The first-order valence-electron chi connectivity index (χ1n) is 5.84. The Hall–Kier alpha value is -2.43. The quantitative estimate of drug-likeness (QED) is 0.886. The number of carbonyl (C=O) groups is 1. The van der Waals surface area contributed by atoms with Crippen LogP contribution in [0.2, 0.25) is 0 Å². The maximum atomic E-state index is 11.4. The van der Waals surface area contributed by atoms with Crippen LogP contribution in [0.4, 0.5) is 0 Å². The monoisotopic (exact) mass is 258 g/mol. The van der Waals surface area contributed by atoms with Gasteiger partial charge in [0.1, 0.15) is 11.7 Å². The predicted octanol–water partition coefficient (Wildman–Crippen LogP) is 1.90. The maximum Gasteiger partial charge on any atom is 0.314 e. The Kier molecular flexibility index (Phi) is 4.07. The number of hydrogen-bond acceptors (Lipinski definition) is 4. The van der Waals surface area contributed by atoms with Gasteiger partial charge in [-0.05, 0) is 12.0 Å². The fourth-order valence-electron chi connectivity index (χ4n) is 1.78. The molecule has 0 radical (unpaired) electrons.